The molecule has 3 aromatic heterocycles. The Hall–Kier alpha value is -3.59. The number of benzene rings is 1. The fourth-order valence-corrected chi connectivity index (χ4v) is 4.84. The minimum Gasteiger partial charge on any atom is -0.395 e. The summed E-state index contributed by atoms with van der Waals surface area (Å²) >= 11 is 0. The number of aliphatic hydroxyl groups is 1. The van der Waals surface area contributed by atoms with E-state index in [-0.39, 0.29) is 24.5 Å². The van der Waals surface area contributed by atoms with E-state index in [0.29, 0.717) is 36.2 Å². The lowest BCUT2D eigenvalue weighted by Gasteiger charge is -2.24. The van der Waals surface area contributed by atoms with Gasteiger partial charge in [-0.05, 0) is 29.5 Å². The molecule has 1 aliphatic heterocycles. The molecule has 4 heterocycles. The summed E-state index contributed by atoms with van der Waals surface area (Å²) in [6, 6.07) is 7.84. The molecule has 0 radical (unpaired) electrons. The van der Waals surface area contributed by atoms with Crippen LogP contribution >= 0.6 is 0 Å². The minimum absolute atomic E-state index is 0.0100. The van der Waals surface area contributed by atoms with E-state index in [0.717, 1.165) is 23.1 Å². The lowest BCUT2D eigenvalue weighted by molar-refractivity contribution is -0.129. The van der Waals surface area contributed by atoms with Crippen molar-refractivity contribution in [1.82, 2.24) is 29.4 Å². The highest BCUT2D eigenvalue weighted by atomic mass is 16.5. The highest BCUT2D eigenvalue weighted by molar-refractivity contribution is 5.81. The molecule has 0 saturated carbocycles. The quantitative estimate of drug-likeness (QED) is 0.555. The van der Waals surface area contributed by atoms with Gasteiger partial charge >= 0.3 is 0 Å². The van der Waals surface area contributed by atoms with Crippen LogP contribution in [0.15, 0.2) is 47.4 Å². The van der Waals surface area contributed by atoms with E-state index in [2.05, 4.69) is 26.2 Å². The lowest BCUT2D eigenvalue weighted by Crippen LogP contribution is -2.30. The van der Waals surface area contributed by atoms with Gasteiger partial charge in [0.15, 0.2) is 0 Å². The standard InChI is InChI=1S/C21H18N6O3/c28-8-7-27-17(29)10-12-9-15-13(18(12)27)3-1-4-14(15)19-24-20(30-25-19)16-11-23-21-22-5-2-6-26(16)21/h1-6,11-12,18,28H,7-10H2. The Morgan fingerprint density at radius 3 is 3.03 bits per heavy atom. The fourth-order valence-electron chi connectivity index (χ4n) is 4.84. The molecule has 1 saturated heterocycles. The number of carbonyl (C=O) groups is 1. The number of likely N-dealkylation sites (tertiary alicyclic amines) is 1. The maximum atomic E-state index is 12.3. The first kappa shape index (κ1) is 17.3. The molecule has 1 N–H and O–H groups in total. The predicted octanol–water partition coefficient (Wildman–Crippen LogP) is 1.88. The largest absolute Gasteiger partial charge is 0.395 e. The second-order valence-corrected chi connectivity index (χ2v) is 7.65. The Bertz CT molecular complexity index is 1280. The van der Waals surface area contributed by atoms with Crippen LogP contribution in [0.2, 0.25) is 0 Å². The average Bonchev–Trinajstić information content (AvgIpc) is 3.51. The van der Waals surface area contributed by atoms with Gasteiger partial charge in [-0.2, -0.15) is 4.98 Å². The molecule has 6 rings (SSSR count). The summed E-state index contributed by atoms with van der Waals surface area (Å²) in [4.78, 5) is 27.3. The van der Waals surface area contributed by atoms with Crippen molar-refractivity contribution in [2.75, 3.05) is 13.2 Å². The van der Waals surface area contributed by atoms with Crippen molar-refractivity contribution in [3.05, 3.63) is 54.0 Å². The summed E-state index contributed by atoms with van der Waals surface area (Å²) in [5.41, 5.74) is 3.86. The Morgan fingerprint density at radius 2 is 2.13 bits per heavy atom. The first-order valence-electron chi connectivity index (χ1n) is 9.89. The molecule has 0 bridgehead atoms. The second kappa shape index (κ2) is 6.46. The van der Waals surface area contributed by atoms with Gasteiger partial charge in [0.05, 0.1) is 18.8 Å². The Kier molecular flexibility index (Phi) is 3.72. The van der Waals surface area contributed by atoms with Gasteiger partial charge in [-0.3, -0.25) is 9.20 Å². The van der Waals surface area contributed by atoms with Crippen LogP contribution in [0, 0.1) is 5.92 Å². The molecular weight excluding hydrogens is 384 g/mol. The van der Waals surface area contributed by atoms with Gasteiger partial charge in [-0.25, -0.2) is 9.97 Å². The lowest BCUT2D eigenvalue weighted by atomic mass is 10.0. The summed E-state index contributed by atoms with van der Waals surface area (Å²) in [7, 11) is 0. The van der Waals surface area contributed by atoms with E-state index in [1.165, 1.54) is 0 Å². The molecular formula is C21H18N6O3. The molecule has 9 heteroatoms. The van der Waals surface area contributed by atoms with Crippen LogP contribution in [0.1, 0.15) is 23.6 Å². The van der Waals surface area contributed by atoms with Crippen molar-refractivity contribution < 1.29 is 14.4 Å². The number of hydrogen-bond donors (Lipinski definition) is 1. The zero-order chi connectivity index (χ0) is 20.2. The maximum absolute atomic E-state index is 12.3. The van der Waals surface area contributed by atoms with Crippen LogP contribution in [0.5, 0.6) is 0 Å². The van der Waals surface area contributed by atoms with Crippen molar-refractivity contribution in [3.8, 4) is 23.0 Å². The normalized spacial score (nSPS) is 20.2. The average molecular weight is 402 g/mol. The van der Waals surface area contributed by atoms with Crippen LogP contribution in [0.25, 0.3) is 28.8 Å². The van der Waals surface area contributed by atoms with Crippen LogP contribution in [0.4, 0.5) is 0 Å². The summed E-state index contributed by atoms with van der Waals surface area (Å²) in [5, 5.41) is 13.6. The third-order valence-corrected chi connectivity index (χ3v) is 6.05. The van der Waals surface area contributed by atoms with Gasteiger partial charge in [0.2, 0.25) is 17.5 Å². The topological polar surface area (TPSA) is 110 Å². The molecule has 1 amide bonds. The van der Waals surface area contributed by atoms with Crippen molar-refractivity contribution in [1.29, 1.82) is 0 Å². The van der Waals surface area contributed by atoms with Crippen molar-refractivity contribution >= 4 is 11.7 Å². The first-order chi connectivity index (χ1) is 14.7. The number of rotatable bonds is 4. The Labute approximate surface area is 171 Å². The molecule has 30 heavy (non-hydrogen) atoms. The number of aromatic nitrogens is 5. The van der Waals surface area contributed by atoms with Gasteiger partial charge in [0.1, 0.15) is 5.69 Å². The van der Waals surface area contributed by atoms with Crippen LogP contribution in [-0.2, 0) is 11.2 Å². The van der Waals surface area contributed by atoms with Gasteiger partial charge < -0.3 is 14.5 Å². The van der Waals surface area contributed by atoms with E-state index in [1.807, 2.05) is 24.4 Å². The number of nitrogens with zero attached hydrogens (tertiary/aromatic N) is 6. The molecule has 150 valence electrons. The minimum atomic E-state index is -0.0354. The Balaban J connectivity index is 1.40. The number of aliphatic hydroxyl groups excluding tert-OH is 1. The zero-order valence-electron chi connectivity index (χ0n) is 16.0. The SMILES string of the molecule is O=C1CC2Cc3c(-c4noc(-c5cnc6ncccn56)n4)cccc3C2N1CCO. The van der Waals surface area contributed by atoms with Gasteiger partial charge in [0.25, 0.3) is 5.89 Å². The van der Waals surface area contributed by atoms with Gasteiger partial charge in [-0.15, -0.1) is 0 Å². The summed E-state index contributed by atoms with van der Waals surface area (Å²) in [6.45, 7) is 0.324. The van der Waals surface area contributed by atoms with Gasteiger partial charge in [-0.1, -0.05) is 23.4 Å². The van der Waals surface area contributed by atoms with Crippen molar-refractivity contribution in [2.45, 2.75) is 18.9 Å². The molecule has 1 fully saturated rings. The molecule has 4 aromatic rings. The first-order valence-corrected chi connectivity index (χ1v) is 9.89. The number of imidazole rings is 1. The summed E-state index contributed by atoms with van der Waals surface area (Å²) < 4.78 is 7.36. The highest BCUT2D eigenvalue weighted by Crippen LogP contribution is 2.49. The monoisotopic (exact) mass is 402 g/mol. The zero-order valence-corrected chi connectivity index (χ0v) is 16.0. The maximum Gasteiger partial charge on any atom is 0.276 e. The molecule has 1 aliphatic carbocycles. The number of β-amino-alcohol motifs (C(OH)–C–C–N with tert-alkyl or cyclic N) is 1. The van der Waals surface area contributed by atoms with E-state index in [9.17, 15) is 9.90 Å². The molecule has 2 unspecified atom stereocenters. The molecule has 2 aliphatic rings. The molecule has 0 spiro atoms. The number of amides is 1. The van der Waals surface area contributed by atoms with E-state index < -0.39 is 0 Å². The van der Waals surface area contributed by atoms with Crippen LogP contribution in [0.3, 0.4) is 0 Å². The third kappa shape index (κ3) is 2.42. The number of hydrogen-bond acceptors (Lipinski definition) is 7. The van der Waals surface area contributed by atoms with Crippen LogP contribution in [-0.4, -0.2) is 53.6 Å². The second-order valence-electron chi connectivity index (χ2n) is 7.65. The van der Waals surface area contributed by atoms with Crippen LogP contribution < -0.4 is 0 Å². The van der Waals surface area contributed by atoms with Gasteiger partial charge in [0, 0.05) is 30.9 Å². The smallest absolute Gasteiger partial charge is 0.276 e. The van der Waals surface area contributed by atoms with E-state index >= 15 is 0 Å². The molecule has 9 nitrogen and oxygen atoms in total. The van der Waals surface area contributed by atoms with Crippen molar-refractivity contribution in [3.63, 3.8) is 0 Å². The van der Waals surface area contributed by atoms with Crippen molar-refractivity contribution in [2.24, 2.45) is 5.92 Å². The molecule has 1 aromatic carbocycles. The summed E-state index contributed by atoms with van der Waals surface area (Å²) in [5.74, 6) is 1.78. The highest BCUT2D eigenvalue weighted by Gasteiger charge is 2.46. The third-order valence-electron chi connectivity index (χ3n) is 6.05. The van der Waals surface area contributed by atoms with E-state index in [4.69, 9.17) is 4.52 Å². The molecule has 2 atom stereocenters. The summed E-state index contributed by atoms with van der Waals surface area (Å²) in [6.07, 6.45) is 6.49. The predicted molar refractivity (Wildman–Crippen MR) is 105 cm³/mol. The number of fused-ring (bicyclic) bond motifs is 4. The fraction of sp³-hybridized carbons (Fsp3) is 0.286. The Morgan fingerprint density at radius 1 is 1.20 bits per heavy atom. The number of carbonyl (C=O) groups excluding carboxylic acids is 1. The van der Waals surface area contributed by atoms with E-state index in [1.54, 1.807) is 21.7 Å².